The quantitative estimate of drug-likeness (QED) is 0.125. The van der Waals surface area contributed by atoms with E-state index in [1.807, 2.05) is 36.4 Å². The highest BCUT2D eigenvalue weighted by Gasteiger charge is 2.18. The van der Waals surface area contributed by atoms with Crippen LogP contribution in [0.1, 0.15) is 5.56 Å². The Balaban J connectivity index is 1.22. The first-order valence-corrected chi connectivity index (χ1v) is 16.6. The van der Waals surface area contributed by atoms with E-state index < -0.39 is 0 Å². The molecule has 0 radical (unpaired) electrons. The van der Waals surface area contributed by atoms with Crippen LogP contribution in [0.3, 0.4) is 0 Å². The molecule has 47 heavy (non-hydrogen) atoms. The Labute approximate surface area is 278 Å². The van der Waals surface area contributed by atoms with Gasteiger partial charge in [0.15, 0.2) is 5.82 Å². The molecule has 0 saturated carbocycles. The first-order chi connectivity index (χ1) is 23.3. The Morgan fingerprint density at radius 3 is 1.85 bits per heavy atom. The minimum Gasteiger partial charge on any atom is -0.309 e. The van der Waals surface area contributed by atoms with Crippen LogP contribution in [-0.4, -0.2) is 21.3 Å². The number of thioether (sulfide) groups is 1. The number of nitrogens with zero attached hydrogens (tertiary/aromatic N) is 4. The second-order valence-corrected chi connectivity index (χ2v) is 12.3. The highest BCUT2D eigenvalue weighted by molar-refractivity contribution is 7.98. The Kier molecular flexibility index (Phi) is 7.66. The van der Waals surface area contributed by atoms with Crippen molar-refractivity contribution in [2.45, 2.75) is 10.6 Å². The van der Waals surface area contributed by atoms with E-state index in [9.17, 15) is 0 Å². The fourth-order valence-corrected chi connectivity index (χ4v) is 7.14. The number of benzene rings is 6. The van der Waals surface area contributed by atoms with Gasteiger partial charge in [-0.2, -0.15) is 0 Å². The van der Waals surface area contributed by atoms with E-state index in [1.54, 1.807) is 11.8 Å². The third-order valence-corrected chi connectivity index (χ3v) is 9.54. The molecule has 0 spiro atoms. The minimum absolute atomic E-state index is 0.707. The van der Waals surface area contributed by atoms with Crippen molar-refractivity contribution >= 4 is 46.0 Å². The summed E-state index contributed by atoms with van der Waals surface area (Å²) in [6, 6.07) is 54.6. The van der Waals surface area contributed by atoms with Crippen molar-refractivity contribution in [1.82, 2.24) is 14.5 Å². The van der Waals surface area contributed by atoms with Gasteiger partial charge in [0.05, 0.1) is 28.1 Å². The summed E-state index contributed by atoms with van der Waals surface area (Å²) in [4.78, 5) is 15.7. The van der Waals surface area contributed by atoms with Crippen molar-refractivity contribution in [2.24, 2.45) is 4.99 Å². The molecule has 0 aliphatic carbocycles. The third kappa shape index (κ3) is 5.51. The number of hydrogen-bond donors (Lipinski definition) is 0. The summed E-state index contributed by atoms with van der Waals surface area (Å²) in [6.07, 6.45) is 0. The first-order valence-electron chi connectivity index (χ1n) is 15.6. The Morgan fingerprint density at radius 2 is 1.17 bits per heavy atom. The zero-order valence-electron chi connectivity index (χ0n) is 25.6. The molecule has 8 rings (SSSR count). The molecule has 0 N–H and O–H groups in total. The van der Waals surface area contributed by atoms with Gasteiger partial charge in [0.2, 0.25) is 0 Å². The van der Waals surface area contributed by atoms with E-state index in [0.717, 1.165) is 71.9 Å². The largest absolute Gasteiger partial charge is 0.309 e. The molecule has 0 amide bonds. The molecule has 0 aliphatic rings. The highest BCUT2D eigenvalue weighted by atomic mass is 32.2. The summed E-state index contributed by atoms with van der Waals surface area (Å²) < 4.78 is 2.32. The smallest absolute Gasteiger partial charge is 0.160 e. The van der Waals surface area contributed by atoms with E-state index in [1.165, 1.54) is 5.56 Å². The fourth-order valence-electron chi connectivity index (χ4n) is 6.16. The van der Waals surface area contributed by atoms with Gasteiger partial charge >= 0.3 is 0 Å². The van der Waals surface area contributed by atoms with E-state index in [2.05, 4.69) is 138 Å². The van der Waals surface area contributed by atoms with Gasteiger partial charge in [-0.25, -0.2) is 9.97 Å². The number of aliphatic imine (C=N–C) groups is 1. The molecule has 0 atom stereocenters. The Bertz CT molecular complexity index is 2290. The maximum Gasteiger partial charge on any atom is 0.160 e. The van der Waals surface area contributed by atoms with Crippen LogP contribution < -0.4 is 0 Å². The molecule has 0 saturated heterocycles. The van der Waals surface area contributed by atoms with Gasteiger partial charge in [0.25, 0.3) is 0 Å². The molecule has 0 fully saturated rings. The summed E-state index contributed by atoms with van der Waals surface area (Å²) in [5.74, 6) is 1.58. The summed E-state index contributed by atoms with van der Waals surface area (Å²) in [5, 5.41) is 2.28. The topological polar surface area (TPSA) is 43.1 Å². The molecule has 224 valence electrons. The first kappa shape index (κ1) is 28.7. The molecular weight excluding hydrogens is 593 g/mol. The fraction of sp³-hybridized carbons (Fsp3) is 0.0238. The minimum atomic E-state index is 0.707. The van der Waals surface area contributed by atoms with Crippen molar-refractivity contribution < 1.29 is 0 Å². The molecule has 2 heterocycles. The van der Waals surface area contributed by atoms with Crippen LogP contribution in [0.25, 0.3) is 61.4 Å². The van der Waals surface area contributed by atoms with E-state index >= 15 is 0 Å². The molecule has 0 unspecified atom stereocenters. The predicted octanol–water partition coefficient (Wildman–Crippen LogP) is 11.2. The molecule has 5 heteroatoms. The lowest BCUT2D eigenvalue weighted by molar-refractivity contribution is 1.17. The van der Waals surface area contributed by atoms with Crippen LogP contribution >= 0.6 is 11.8 Å². The van der Waals surface area contributed by atoms with Crippen molar-refractivity contribution in [1.29, 1.82) is 0 Å². The standard InChI is InChI=1S/C42H30N4S/c1-43-41-39(47-28-29-13-5-2-6-14-29)26-25-38-40(41)34-19-11-12-20-37(34)46(38)33-23-21-31(22-24-33)36-27-35(30-15-7-3-8-16-30)44-42(45-36)32-17-9-4-10-18-32/h2-27H,1,28H2. The molecule has 4 nitrogen and oxygen atoms in total. The maximum absolute atomic E-state index is 5.02. The number of aromatic nitrogens is 3. The van der Waals surface area contributed by atoms with Crippen molar-refractivity contribution in [3.8, 4) is 39.6 Å². The monoisotopic (exact) mass is 622 g/mol. The van der Waals surface area contributed by atoms with Gasteiger partial charge in [0.1, 0.15) is 0 Å². The Hall–Kier alpha value is -5.78. The van der Waals surface area contributed by atoms with Gasteiger partial charge in [-0.3, -0.25) is 4.99 Å². The SMILES string of the molecule is C=Nc1c(SCc2ccccc2)ccc2c1c1ccccc1n2-c1ccc(-c2cc(-c3ccccc3)nc(-c3ccccc3)n2)cc1. The lowest BCUT2D eigenvalue weighted by atomic mass is 10.1. The lowest BCUT2D eigenvalue weighted by Gasteiger charge is -2.12. The average molecular weight is 623 g/mol. The van der Waals surface area contributed by atoms with Gasteiger partial charge in [0, 0.05) is 43.8 Å². The van der Waals surface area contributed by atoms with Gasteiger partial charge in [-0.15, -0.1) is 11.8 Å². The van der Waals surface area contributed by atoms with E-state index in [0.29, 0.717) is 5.82 Å². The molecule has 2 aromatic heterocycles. The van der Waals surface area contributed by atoms with E-state index in [4.69, 9.17) is 9.97 Å². The van der Waals surface area contributed by atoms with Gasteiger partial charge in [-0.1, -0.05) is 121 Å². The second kappa shape index (κ2) is 12.5. The van der Waals surface area contributed by atoms with Crippen LogP contribution in [-0.2, 0) is 5.75 Å². The number of fused-ring (bicyclic) bond motifs is 3. The normalized spacial score (nSPS) is 11.2. The average Bonchev–Trinajstić information content (AvgIpc) is 3.49. The van der Waals surface area contributed by atoms with Crippen molar-refractivity contribution in [3.05, 3.63) is 163 Å². The van der Waals surface area contributed by atoms with Crippen LogP contribution in [0.2, 0.25) is 0 Å². The third-order valence-electron chi connectivity index (χ3n) is 8.42. The summed E-state index contributed by atoms with van der Waals surface area (Å²) in [7, 11) is 0. The number of hydrogen-bond acceptors (Lipinski definition) is 4. The van der Waals surface area contributed by atoms with Crippen molar-refractivity contribution in [2.75, 3.05) is 0 Å². The molecule has 8 aromatic rings. The van der Waals surface area contributed by atoms with Crippen LogP contribution in [0.5, 0.6) is 0 Å². The zero-order chi connectivity index (χ0) is 31.6. The van der Waals surface area contributed by atoms with Crippen molar-refractivity contribution in [3.63, 3.8) is 0 Å². The molecular formula is C42H30N4S. The number of para-hydroxylation sites is 1. The summed E-state index contributed by atoms with van der Waals surface area (Å²) >= 11 is 1.80. The van der Waals surface area contributed by atoms with Crippen LogP contribution in [0, 0.1) is 0 Å². The zero-order valence-corrected chi connectivity index (χ0v) is 26.4. The highest BCUT2D eigenvalue weighted by Crippen LogP contribution is 2.43. The maximum atomic E-state index is 5.02. The summed E-state index contributed by atoms with van der Waals surface area (Å²) in [5.41, 5.74) is 10.4. The van der Waals surface area contributed by atoms with Crippen LogP contribution in [0.4, 0.5) is 5.69 Å². The second-order valence-electron chi connectivity index (χ2n) is 11.3. The Morgan fingerprint density at radius 1 is 0.574 bits per heavy atom. The van der Waals surface area contributed by atoms with Gasteiger partial charge < -0.3 is 4.57 Å². The molecule has 0 bridgehead atoms. The predicted molar refractivity (Wildman–Crippen MR) is 198 cm³/mol. The molecule has 0 aliphatic heterocycles. The summed E-state index contributed by atoms with van der Waals surface area (Å²) in [6.45, 7) is 4.00. The van der Waals surface area contributed by atoms with Crippen LogP contribution in [0.15, 0.2) is 168 Å². The number of rotatable bonds is 8. The van der Waals surface area contributed by atoms with E-state index in [-0.39, 0.29) is 0 Å². The lowest BCUT2D eigenvalue weighted by Crippen LogP contribution is -1.97. The van der Waals surface area contributed by atoms with Gasteiger partial charge in [-0.05, 0) is 48.7 Å². The molecule has 6 aromatic carbocycles.